The molecule has 3 aliphatic rings. The second-order valence-corrected chi connectivity index (χ2v) is 6.81. The van der Waals surface area contributed by atoms with Gasteiger partial charge in [0, 0.05) is 11.8 Å². The number of carbonyl (C=O) groups excluding carboxylic acids is 2. The van der Waals surface area contributed by atoms with Gasteiger partial charge in [0.2, 0.25) is 11.8 Å². The van der Waals surface area contributed by atoms with Crippen LogP contribution in [-0.2, 0) is 9.59 Å². The molecule has 0 radical (unpaired) electrons. The minimum absolute atomic E-state index is 0.00546. The van der Waals surface area contributed by atoms with E-state index >= 15 is 0 Å². The molecule has 1 aliphatic heterocycles. The molecule has 4 atom stereocenters. The number of carbonyl (C=O) groups is 3. The zero-order chi connectivity index (χ0) is 17.2. The first-order chi connectivity index (χ1) is 11.4. The molecule has 2 fully saturated rings. The summed E-state index contributed by atoms with van der Waals surface area (Å²) in [4.78, 5) is 38.2. The second-order valence-electron chi connectivity index (χ2n) is 6.81. The van der Waals surface area contributed by atoms with Crippen molar-refractivity contribution in [3.63, 3.8) is 0 Å². The summed E-state index contributed by atoms with van der Waals surface area (Å²) in [6.07, 6.45) is 4.08. The zero-order valence-electron chi connectivity index (χ0n) is 13.4. The average molecular weight is 323 g/mol. The minimum atomic E-state index is -1.08. The van der Waals surface area contributed by atoms with Crippen LogP contribution >= 0.6 is 0 Å². The summed E-state index contributed by atoms with van der Waals surface area (Å²) in [6, 6.07) is 6.00. The van der Waals surface area contributed by atoms with Gasteiger partial charge in [0.15, 0.2) is 0 Å². The topological polar surface area (TPSA) is 74.7 Å². The maximum Gasteiger partial charge on any atom is 0.335 e. The van der Waals surface area contributed by atoms with Gasteiger partial charge in [-0.3, -0.25) is 9.59 Å². The van der Waals surface area contributed by atoms with Crippen molar-refractivity contribution in [2.24, 2.45) is 23.7 Å². The van der Waals surface area contributed by atoms with Gasteiger partial charge >= 0.3 is 5.97 Å². The SMILES string of the molecule is CC(C)=C1[C@H]2C=C[C@H]1[C@H]1C(=O)N(c3cccc(C(=O)O)c3)C(=O)[C@H]12. The molecular formula is C19H17NO4. The van der Waals surface area contributed by atoms with Crippen LogP contribution in [0.2, 0.25) is 0 Å². The van der Waals surface area contributed by atoms with Crippen LogP contribution in [0.1, 0.15) is 24.2 Å². The number of amides is 2. The molecule has 1 aromatic carbocycles. The molecule has 1 saturated heterocycles. The lowest BCUT2D eigenvalue weighted by atomic mass is 9.85. The lowest BCUT2D eigenvalue weighted by Gasteiger charge is -2.19. The average Bonchev–Trinajstić information content (AvgIpc) is 3.17. The molecular weight excluding hydrogens is 306 g/mol. The number of nitrogens with zero attached hydrogens (tertiary/aromatic N) is 1. The monoisotopic (exact) mass is 323 g/mol. The predicted molar refractivity (Wildman–Crippen MR) is 87.4 cm³/mol. The fraction of sp³-hybridized carbons (Fsp3) is 0.316. The van der Waals surface area contributed by atoms with Gasteiger partial charge in [0.1, 0.15) is 0 Å². The van der Waals surface area contributed by atoms with Crippen molar-refractivity contribution in [2.45, 2.75) is 13.8 Å². The Kier molecular flexibility index (Phi) is 3.04. The molecule has 0 aromatic heterocycles. The Bertz CT molecular complexity index is 813. The van der Waals surface area contributed by atoms with E-state index in [1.54, 1.807) is 12.1 Å². The van der Waals surface area contributed by atoms with E-state index in [9.17, 15) is 14.4 Å². The molecule has 4 rings (SSSR count). The van der Waals surface area contributed by atoms with Gasteiger partial charge in [0.25, 0.3) is 0 Å². The summed E-state index contributed by atoms with van der Waals surface area (Å²) < 4.78 is 0. The number of benzene rings is 1. The highest BCUT2D eigenvalue weighted by Crippen LogP contribution is 2.57. The lowest BCUT2D eigenvalue weighted by Crippen LogP contribution is -2.33. The molecule has 5 nitrogen and oxygen atoms in total. The van der Waals surface area contributed by atoms with Gasteiger partial charge in [0.05, 0.1) is 23.1 Å². The Morgan fingerprint density at radius 1 is 1.04 bits per heavy atom. The number of fused-ring (bicyclic) bond motifs is 5. The smallest absolute Gasteiger partial charge is 0.335 e. The van der Waals surface area contributed by atoms with Crippen molar-refractivity contribution in [3.8, 4) is 0 Å². The Labute approximate surface area is 139 Å². The summed E-state index contributed by atoms with van der Waals surface area (Å²) in [7, 11) is 0. The molecule has 1 N–H and O–H groups in total. The standard InChI is InChI=1S/C19H17NO4/c1-9(2)14-12-6-7-13(14)16-15(12)17(21)20(18(16)22)11-5-3-4-10(8-11)19(23)24/h3-8,12-13,15-16H,1-2H3,(H,23,24)/t12-,13-,15-,16+/m1/s1. The summed E-state index contributed by atoms with van der Waals surface area (Å²) >= 11 is 0. The number of allylic oxidation sites excluding steroid dienone is 4. The maximum absolute atomic E-state index is 12.9. The highest BCUT2D eigenvalue weighted by molar-refractivity contribution is 6.23. The predicted octanol–water partition coefficient (Wildman–Crippen LogP) is 2.64. The number of hydrogen-bond acceptors (Lipinski definition) is 3. The summed E-state index contributed by atoms with van der Waals surface area (Å²) in [5.41, 5.74) is 2.78. The van der Waals surface area contributed by atoms with Crippen LogP contribution in [0.3, 0.4) is 0 Å². The van der Waals surface area contributed by atoms with Crippen LogP contribution in [0.15, 0.2) is 47.6 Å². The zero-order valence-corrected chi connectivity index (χ0v) is 13.4. The van der Waals surface area contributed by atoms with E-state index in [0.717, 1.165) is 0 Å². The number of anilines is 1. The number of carboxylic acids is 1. The van der Waals surface area contributed by atoms with Crippen molar-refractivity contribution >= 4 is 23.5 Å². The molecule has 122 valence electrons. The minimum Gasteiger partial charge on any atom is -0.478 e. The molecule has 5 heteroatoms. The lowest BCUT2D eigenvalue weighted by molar-refractivity contribution is -0.122. The second kappa shape index (κ2) is 4.90. The van der Waals surface area contributed by atoms with Crippen LogP contribution in [0.4, 0.5) is 5.69 Å². The Morgan fingerprint density at radius 3 is 2.12 bits per heavy atom. The van der Waals surface area contributed by atoms with Gasteiger partial charge in [-0.2, -0.15) is 0 Å². The van der Waals surface area contributed by atoms with E-state index in [1.807, 2.05) is 26.0 Å². The number of aromatic carboxylic acids is 1. The summed E-state index contributed by atoms with van der Waals surface area (Å²) in [5.74, 6) is -2.24. The Morgan fingerprint density at radius 2 is 1.62 bits per heavy atom. The van der Waals surface area contributed by atoms with Crippen LogP contribution in [0.25, 0.3) is 0 Å². The number of hydrogen-bond donors (Lipinski definition) is 1. The Balaban J connectivity index is 1.76. The van der Waals surface area contributed by atoms with Gasteiger partial charge in [-0.1, -0.05) is 29.4 Å². The number of imide groups is 1. The third-order valence-corrected chi connectivity index (χ3v) is 5.34. The largest absolute Gasteiger partial charge is 0.478 e. The third-order valence-electron chi connectivity index (χ3n) is 5.34. The molecule has 0 spiro atoms. The van der Waals surface area contributed by atoms with Gasteiger partial charge in [-0.05, 0) is 32.0 Å². The highest BCUT2D eigenvalue weighted by Gasteiger charge is 2.61. The first kappa shape index (κ1) is 14.9. The summed E-state index contributed by atoms with van der Waals surface area (Å²) in [6.45, 7) is 4.04. The Hall–Kier alpha value is -2.69. The summed E-state index contributed by atoms with van der Waals surface area (Å²) in [5, 5.41) is 9.13. The first-order valence-corrected chi connectivity index (χ1v) is 7.98. The quantitative estimate of drug-likeness (QED) is 0.670. The van der Waals surface area contributed by atoms with E-state index in [1.165, 1.54) is 28.2 Å². The van der Waals surface area contributed by atoms with Crippen LogP contribution in [0.5, 0.6) is 0 Å². The normalized spacial score (nSPS) is 30.2. The third kappa shape index (κ3) is 1.78. The number of carboxylic acid groups (broad SMARTS) is 1. The van der Waals surface area contributed by atoms with Crippen molar-refractivity contribution in [3.05, 3.63) is 53.1 Å². The van der Waals surface area contributed by atoms with E-state index < -0.39 is 5.97 Å². The van der Waals surface area contributed by atoms with Crippen LogP contribution in [0, 0.1) is 23.7 Å². The van der Waals surface area contributed by atoms with Gasteiger partial charge in [-0.25, -0.2) is 9.69 Å². The van der Waals surface area contributed by atoms with E-state index in [4.69, 9.17) is 5.11 Å². The molecule has 2 amide bonds. The van der Waals surface area contributed by atoms with Crippen molar-refractivity contribution in [1.82, 2.24) is 0 Å². The molecule has 2 aliphatic carbocycles. The van der Waals surface area contributed by atoms with Crippen molar-refractivity contribution in [1.29, 1.82) is 0 Å². The van der Waals surface area contributed by atoms with Gasteiger partial charge in [-0.15, -0.1) is 0 Å². The fourth-order valence-corrected chi connectivity index (χ4v) is 4.46. The van der Waals surface area contributed by atoms with E-state index in [0.29, 0.717) is 5.69 Å². The highest BCUT2D eigenvalue weighted by atomic mass is 16.4. The molecule has 0 unspecified atom stereocenters. The van der Waals surface area contributed by atoms with Crippen molar-refractivity contribution in [2.75, 3.05) is 4.90 Å². The maximum atomic E-state index is 12.9. The van der Waals surface area contributed by atoms with Crippen molar-refractivity contribution < 1.29 is 19.5 Å². The molecule has 1 saturated carbocycles. The van der Waals surface area contributed by atoms with E-state index in [2.05, 4.69) is 0 Å². The molecule has 1 aromatic rings. The first-order valence-electron chi connectivity index (χ1n) is 7.98. The number of rotatable bonds is 2. The van der Waals surface area contributed by atoms with Gasteiger partial charge < -0.3 is 5.11 Å². The van der Waals surface area contributed by atoms with Crippen LogP contribution in [-0.4, -0.2) is 22.9 Å². The van der Waals surface area contributed by atoms with Crippen LogP contribution < -0.4 is 4.90 Å². The van der Waals surface area contributed by atoms with E-state index in [-0.39, 0.29) is 41.0 Å². The molecule has 1 heterocycles. The molecule has 24 heavy (non-hydrogen) atoms. The molecule has 2 bridgehead atoms. The fourth-order valence-electron chi connectivity index (χ4n) is 4.46.